The second kappa shape index (κ2) is 3.46. The Hall–Kier alpha value is -2.61. The van der Waals surface area contributed by atoms with Crippen LogP contribution in [0, 0.1) is 11.3 Å². The van der Waals surface area contributed by atoms with Gasteiger partial charge >= 0.3 is 0 Å². The highest BCUT2D eigenvalue weighted by Crippen LogP contribution is 2.24. The molecule has 1 N–H and O–H groups in total. The summed E-state index contributed by atoms with van der Waals surface area (Å²) >= 11 is 0. The summed E-state index contributed by atoms with van der Waals surface area (Å²) in [6, 6.07) is 7.95. The molecule has 0 aliphatic heterocycles. The predicted octanol–water partition coefficient (Wildman–Crippen LogP) is 1.84. The van der Waals surface area contributed by atoms with Gasteiger partial charge in [-0.3, -0.25) is 0 Å². The topological polar surface area (TPSA) is 70.3 Å². The molecular weight excluding hydrogens is 214 g/mol. The Morgan fingerprint density at radius 2 is 2.24 bits per heavy atom. The number of H-pyrrole nitrogens is 1. The van der Waals surface area contributed by atoms with Crippen LogP contribution in [0.5, 0.6) is 0 Å². The largest absolute Gasteiger partial charge is 0.345 e. The highest BCUT2D eigenvalue weighted by atomic mass is 15.0. The molecule has 0 amide bonds. The second-order valence-electron chi connectivity index (χ2n) is 3.80. The van der Waals surface area contributed by atoms with Crippen LogP contribution in [0.25, 0.3) is 22.3 Å². The number of benzene rings is 1. The van der Waals surface area contributed by atoms with Crippen molar-refractivity contribution in [1.82, 2.24) is 19.5 Å². The summed E-state index contributed by atoms with van der Waals surface area (Å²) in [5, 5.41) is 9.09. The van der Waals surface area contributed by atoms with E-state index in [0.29, 0.717) is 11.4 Å². The van der Waals surface area contributed by atoms with Crippen molar-refractivity contribution in [3.63, 3.8) is 0 Å². The van der Waals surface area contributed by atoms with Crippen LogP contribution in [-0.2, 0) is 7.05 Å². The summed E-state index contributed by atoms with van der Waals surface area (Å²) in [5.74, 6) is 0. The summed E-state index contributed by atoms with van der Waals surface area (Å²) in [6.07, 6.45) is 3.29. The van der Waals surface area contributed by atoms with Gasteiger partial charge in [0, 0.05) is 12.6 Å². The first kappa shape index (κ1) is 9.60. The maximum absolute atomic E-state index is 9.09. The third kappa shape index (κ3) is 1.39. The first-order valence-corrected chi connectivity index (χ1v) is 5.14. The number of nitrogens with one attached hydrogen (secondary N) is 1. The fourth-order valence-corrected chi connectivity index (χ4v) is 1.86. The highest BCUT2D eigenvalue weighted by Gasteiger charge is 2.11. The molecule has 0 saturated heterocycles. The first-order chi connectivity index (χ1) is 8.29. The normalized spacial score (nSPS) is 10.6. The molecule has 3 aromatic rings. The van der Waals surface area contributed by atoms with Gasteiger partial charge in [0.2, 0.25) is 0 Å². The van der Waals surface area contributed by atoms with E-state index in [-0.39, 0.29) is 0 Å². The maximum atomic E-state index is 9.09. The quantitative estimate of drug-likeness (QED) is 0.684. The van der Waals surface area contributed by atoms with Gasteiger partial charge in [0.15, 0.2) is 0 Å². The van der Waals surface area contributed by atoms with E-state index in [4.69, 9.17) is 5.26 Å². The van der Waals surface area contributed by atoms with E-state index in [1.807, 2.05) is 25.2 Å². The molecule has 2 heterocycles. The minimum atomic E-state index is 0.559. The van der Waals surface area contributed by atoms with E-state index in [9.17, 15) is 0 Å². The Balaban J connectivity index is 2.23. The van der Waals surface area contributed by atoms with E-state index in [1.165, 1.54) is 0 Å². The molecule has 0 saturated carbocycles. The van der Waals surface area contributed by atoms with Crippen LogP contribution in [0.3, 0.4) is 0 Å². The minimum absolute atomic E-state index is 0.559. The van der Waals surface area contributed by atoms with Crippen molar-refractivity contribution >= 4 is 11.0 Å². The van der Waals surface area contributed by atoms with Crippen molar-refractivity contribution in [3.8, 4) is 17.3 Å². The van der Waals surface area contributed by atoms with Crippen LogP contribution in [0.2, 0.25) is 0 Å². The summed E-state index contributed by atoms with van der Waals surface area (Å²) < 4.78 is 1.71. The Bertz CT molecular complexity index is 729. The number of rotatable bonds is 1. The average Bonchev–Trinajstić information content (AvgIpc) is 2.93. The van der Waals surface area contributed by atoms with Crippen LogP contribution >= 0.6 is 0 Å². The fraction of sp³-hybridized carbons (Fsp3) is 0.0833. The van der Waals surface area contributed by atoms with Gasteiger partial charge in [-0.05, 0) is 12.1 Å². The van der Waals surface area contributed by atoms with Gasteiger partial charge in [0.05, 0.1) is 23.7 Å². The van der Waals surface area contributed by atoms with E-state index in [1.54, 1.807) is 17.2 Å². The third-order valence-corrected chi connectivity index (χ3v) is 2.74. The lowest BCUT2D eigenvalue weighted by Gasteiger charge is -1.98. The Morgan fingerprint density at radius 1 is 1.35 bits per heavy atom. The molecule has 5 nitrogen and oxygen atoms in total. The smallest absolute Gasteiger partial charge is 0.147 e. The Labute approximate surface area is 97.4 Å². The SMILES string of the molecule is Cn1cnc(-c2ccc3nc[nH]c3c2)c1C#N. The summed E-state index contributed by atoms with van der Waals surface area (Å²) in [7, 11) is 1.81. The van der Waals surface area contributed by atoms with Gasteiger partial charge < -0.3 is 9.55 Å². The molecule has 0 fully saturated rings. The van der Waals surface area contributed by atoms with Crippen LogP contribution < -0.4 is 0 Å². The number of fused-ring (bicyclic) bond motifs is 1. The van der Waals surface area contributed by atoms with E-state index in [2.05, 4.69) is 21.0 Å². The number of imidazole rings is 2. The molecule has 0 aliphatic rings. The minimum Gasteiger partial charge on any atom is -0.345 e. The molecule has 0 radical (unpaired) electrons. The number of nitrogens with zero attached hydrogens (tertiary/aromatic N) is 4. The molecule has 17 heavy (non-hydrogen) atoms. The molecule has 2 aromatic heterocycles. The van der Waals surface area contributed by atoms with Crippen LogP contribution in [-0.4, -0.2) is 19.5 Å². The molecule has 0 aliphatic carbocycles. The zero-order chi connectivity index (χ0) is 11.8. The van der Waals surface area contributed by atoms with Crippen LogP contribution in [0.15, 0.2) is 30.9 Å². The summed E-state index contributed by atoms with van der Waals surface area (Å²) in [4.78, 5) is 11.5. The lowest BCUT2D eigenvalue weighted by atomic mass is 10.1. The van der Waals surface area contributed by atoms with Crippen LogP contribution in [0.1, 0.15) is 5.69 Å². The van der Waals surface area contributed by atoms with Crippen molar-refractivity contribution in [1.29, 1.82) is 5.26 Å². The molecular formula is C12H9N5. The second-order valence-corrected chi connectivity index (χ2v) is 3.80. The fourth-order valence-electron chi connectivity index (χ4n) is 1.86. The molecule has 0 spiro atoms. The van der Waals surface area contributed by atoms with Crippen molar-refractivity contribution < 1.29 is 0 Å². The zero-order valence-electron chi connectivity index (χ0n) is 9.18. The van der Waals surface area contributed by atoms with Gasteiger partial charge in [-0.1, -0.05) is 6.07 Å². The first-order valence-electron chi connectivity index (χ1n) is 5.14. The van der Waals surface area contributed by atoms with Gasteiger partial charge in [-0.2, -0.15) is 5.26 Å². The predicted molar refractivity (Wildman–Crippen MR) is 63.0 cm³/mol. The molecule has 3 rings (SSSR count). The Kier molecular flexibility index (Phi) is 1.95. The molecule has 1 aromatic carbocycles. The molecule has 0 unspecified atom stereocenters. The molecule has 0 bridgehead atoms. The number of hydrogen-bond acceptors (Lipinski definition) is 3. The average molecular weight is 223 g/mol. The third-order valence-electron chi connectivity index (χ3n) is 2.74. The standard InChI is InChI=1S/C12H9N5/c1-17-7-16-12(11(17)5-13)8-2-3-9-10(4-8)15-6-14-9/h2-4,6-7H,1H3,(H,14,15). The zero-order valence-corrected chi connectivity index (χ0v) is 9.18. The van der Waals surface area contributed by atoms with Crippen molar-refractivity contribution in [3.05, 3.63) is 36.5 Å². The summed E-state index contributed by atoms with van der Waals surface area (Å²) in [6.45, 7) is 0. The lowest BCUT2D eigenvalue weighted by molar-refractivity contribution is 0.897. The van der Waals surface area contributed by atoms with Gasteiger partial charge in [-0.15, -0.1) is 0 Å². The van der Waals surface area contributed by atoms with Gasteiger partial charge in [0.25, 0.3) is 0 Å². The number of aromatic nitrogens is 4. The number of hydrogen-bond donors (Lipinski definition) is 1. The number of aromatic amines is 1. The van der Waals surface area contributed by atoms with Crippen molar-refractivity contribution in [2.75, 3.05) is 0 Å². The van der Waals surface area contributed by atoms with Gasteiger partial charge in [-0.25, -0.2) is 9.97 Å². The lowest BCUT2D eigenvalue weighted by Crippen LogP contribution is -1.90. The monoisotopic (exact) mass is 223 g/mol. The maximum Gasteiger partial charge on any atom is 0.147 e. The van der Waals surface area contributed by atoms with Gasteiger partial charge in [0.1, 0.15) is 17.5 Å². The molecule has 82 valence electrons. The summed E-state index contributed by atoms with van der Waals surface area (Å²) in [5.41, 5.74) is 4.02. The van der Waals surface area contributed by atoms with E-state index in [0.717, 1.165) is 16.6 Å². The van der Waals surface area contributed by atoms with E-state index < -0.39 is 0 Å². The van der Waals surface area contributed by atoms with E-state index >= 15 is 0 Å². The van der Waals surface area contributed by atoms with Crippen molar-refractivity contribution in [2.24, 2.45) is 7.05 Å². The highest BCUT2D eigenvalue weighted by molar-refractivity contribution is 5.81. The number of aryl methyl sites for hydroxylation is 1. The Morgan fingerprint density at radius 3 is 3.06 bits per heavy atom. The number of nitriles is 1. The van der Waals surface area contributed by atoms with Crippen molar-refractivity contribution in [2.45, 2.75) is 0 Å². The van der Waals surface area contributed by atoms with Crippen LogP contribution in [0.4, 0.5) is 0 Å². The molecule has 5 heteroatoms. The molecule has 0 atom stereocenters.